The summed E-state index contributed by atoms with van der Waals surface area (Å²) < 4.78 is 0. The fourth-order valence-electron chi connectivity index (χ4n) is 3.44. The van der Waals surface area contributed by atoms with Gasteiger partial charge in [-0.25, -0.2) is 0 Å². The van der Waals surface area contributed by atoms with Crippen LogP contribution < -0.4 is 0 Å². The molecule has 2 aliphatic heterocycles. The van der Waals surface area contributed by atoms with Gasteiger partial charge in [-0.15, -0.1) is 0 Å². The largest absolute Gasteiger partial charge is 0.334 e. The molecule has 4 rings (SSSR count). The van der Waals surface area contributed by atoms with Gasteiger partial charge in [-0.1, -0.05) is 36.4 Å². The van der Waals surface area contributed by atoms with E-state index in [-0.39, 0.29) is 11.8 Å². The third-order valence-corrected chi connectivity index (χ3v) is 4.65. The van der Waals surface area contributed by atoms with Gasteiger partial charge < -0.3 is 9.80 Å². The van der Waals surface area contributed by atoms with Gasteiger partial charge in [0.2, 0.25) is 0 Å². The van der Waals surface area contributed by atoms with Gasteiger partial charge in [0.15, 0.2) is 0 Å². The van der Waals surface area contributed by atoms with E-state index in [2.05, 4.69) is 0 Å². The first-order chi connectivity index (χ1) is 11.2. The number of nitrogens with zero attached hydrogens (tertiary/aromatic N) is 2. The fraction of sp³-hybridized carbons (Fsp3) is 0.263. The van der Waals surface area contributed by atoms with E-state index >= 15 is 0 Å². The van der Waals surface area contributed by atoms with Crippen molar-refractivity contribution in [2.45, 2.75) is 19.5 Å². The number of hydrogen-bond donors (Lipinski definition) is 0. The van der Waals surface area contributed by atoms with Gasteiger partial charge in [-0.05, 0) is 29.7 Å². The number of fused-ring (bicyclic) bond motifs is 2. The molecule has 4 nitrogen and oxygen atoms in total. The lowest BCUT2D eigenvalue weighted by atomic mass is 10.1. The Morgan fingerprint density at radius 2 is 1.13 bits per heavy atom. The SMILES string of the molecule is O=C1c2ccccc2CN1CCCN1Cc2ccccc2C1=O. The van der Waals surface area contributed by atoms with Gasteiger partial charge in [0.25, 0.3) is 11.8 Å². The van der Waals surface area contributed by atoms with Crippen LogP contribution in [0.1, 0.15) is 38.3 Å². The Kier molecular flexibility index (Phi) is 3.37. The first-order valence-electron chi connectivity index (χ1n) is 7.98. The van der Waals surface area contributed by atoms with Crippen molar-refractivity contribution >= 4 is 11.8 Å². The maximum Gasteiger partial charge on any atom is 0.254 e. The molecular weight excluding hydrogens is 288 g/mol. The molecule has 0 aliphatic carbocycles. The highest BCUT2D eigenvalue weighted by molar-refractivity contribution is 5.99. The molecule has 0 fully saturated rings. The molecule has 2 aromatic carbocycles. The van der Waals surface area contributed by atoms with E-state index in [1.807, 2.05) is 58.3 Å². The van der Waals surface area contributed by atoms with Gasteiger partial charge in [0, 0.05) is 37.3 Å². The van der Waals surface area contributed by atoms with E-state index in [9.17, 15) is 9.59 Å². The number of carbonyl (C=O) groups is 2. The van der Waals surface area contributed by atoms with Crippen molar-refractivity contribution in [3.63, 3.8) is 0 Å². The molecule has 0 unspecified atom stereocenters. The van der Waals surface area contributed by atoms with E-state index in [1.54, 1.807) is 0 Å². The van der Waals surface area contributed by atoms with E-state index in [0.717, 1.165) is 28.7 Å². The number of carbonyl (C=O) groups excluding carboxylic acids is 2. The zero-order valence-corrected chi connectivity index (χ0v) is 12.9. The van der Waals surface area contributed by atoms with Crippen LogP contribution in [0.25, 0.3) is 0 Å². The number of hydrogen-bond acceptors (Lipinski definition) is 2. The Morgan fingerprint density at radius 1 is 0.696 bits per heavy atom. The summed E-state index contributed by atoms with van der Waals surface area (Å²) in [6.45, 7) is 2.74. The first kappa shape index (κ1) is 14.0. The Labute approximate surface area is 135 Å². The average molecular weight is 306 g/mol. The summed E-state index contributed by atoms with van der Waals surface area (Å²) in [6.07, 6.45) is 0.805. The van der Waals surface area contributed by atoms with Crippen LogP contribution in [0, 0.1) is 0 Å². The van der Waals surface area contributed by atoms with Crippen LogP contribution in [-0.2, 0) is 13.1 Å². The van der Waals surface area contributed by atoms with Crippen LogP contribution in [0.3, 0.4) is 0 Å². The highest BCUT2D eigenvalue weighted by Crippen LogP contribution is 2.24. The molecule has 2 aliphatic rings. The monoisotopic (exact) mass is 306 g/mol. The summed E-state index contributed by atoms with van der Waals surface area (Å²) in [5.74, 6) is 0.216. The molecule has 0 aromatic heterocycles. The molecule has 0 saturated heterocycles. The van der Waals surface area contributed by atoms with Crippen LogP contribution in [0.2, 0.25) is 0 Å². The average Bonchev–Trinajstić information content (AvgIpc) is 3.07. The van der Waals surface area contributed by atoms with Crippen molar-refractivity contribution in [2.75, 3.05) is 13.1 Å². The van der Waals surface area contributed by atoms with Crippen molar-refractivity contribution in [1.29, 1.82) is 0 Å². The van der Waals surface area contributed by atoms with Crippen LogP contribution in [0.15, 0.2) is 48.5 Å². The Balaban J connectivity index is 1.34. The van der Waals surface area contributed by atoms with Gasteiger partial charge >= 0.3 is 0 Å². The molecule has 0 saturated carbocycles. The van der Waals surface area contributed by atoms with E-state index < -0.39 is 0 Å². The highest BCUT2D eigenvalue weighted by atomic mass is 16.2. The van der Waals surface area contributed by atoms with Crippen molar-refractivity contribution < 1.29 is 9.59 Å². The zero-order chi connectivity index (χ0) is 15.8. The Bertz CT molecular complexity index is 719. The van der Waals surface area contributed by atoms with Crippen molar-refractivity contribution in [3.05, 3.63) is 70.8 Å². The maximum atomic E-state index is 12.3. The topological polar surface area (TPSA) is 40.6 Å². The molecular formula is C19H18N2O2. The minimum absolute atomic E-state index is 0.108. The predicted molar refractivity (Wildman–Crippen MR) is 87.0 cm³/mol. The van der Waals surface area contributed by atoms with Crippen molar-refractivity contribution in [2.24, 2.45) is 0 Å². The van der Waals surface area contributed by atoms with Crippen LogP contribution in [-0.4, -0.2) is 34.7 Å². The predicted octanol–water partition coefficient (Wildman–Crippen LogP) is 2.69. The third-order valence-electron chi connectivity index (χ3n) is 4.65. The molecule has 0 spiro atoms. The second kappa shape index (κ2) is 5.54. The van der Waals surface area contributed by atoms with E-state index in [4.69, 9.17) is 0 Å². The molecule has 4 heteroatoms. The zero-order valence-electron chi connectivity index (χ0n) is 12.9. The van der Waals surface area contributed by atoms with Gasteiger partial charge in [-0.3, -0.25) is 9.59 Å². The van der Waals surface area contributed by atoms with Crippen molar-refractivity contribution in [3.8, 4) is 0 Å². The van der Waals surface area contributed by atoms with E-state index in [1.165, 1.54) is 0 Å². The molecule has 0 N–H and O–H groups in total. The maximum absolute atomic E-state index is 12.3. The summed E-state index contributed by atoms with van der Waals surface area (Å²) in [7, 11) is 0. The quantitative estimate of drug-likeness (QED) is 0.871. The number of amides is 2. The molecule has 0 bridgehead atoms. The molecule has 2 amide bonds. The Hall–Kier alpha value is -2.62. The normalized spacial score (nSPS) is 16.0. The lowest BCUT2D eigenvalue weighted by molar-refractivity contribution is 0.0741. The Morgan fingerprint density at radius 3 is 1.57 bits per heavy atom. The van der Waals surface area contributed by atoms with E-state index in [0.29, 0.717) is 26.2 Å². The van der Waals surface area contributed by atoms with Crippen LogP contribution in [0.4, 0.5) is 0 Å². The minimum Gasteiger partial charge on any atom is -0.334 e. The lowest BCUT2D eigenvalue weighted by Crippen LogP contribution is -2.30. The van der Waals surface area contributed by atoms with Crippen LogP contribution >= 0.6 is 0 Å². The smallest absolute Gasteiger partial charge is 0.254 e. The molecule has 116 valence electrons. The van der Waals surface area contributed by atoms with Gasteiger partial charge in [-0.2, -0.15) is 0 Å². The second-order valence-electron chi connectivity index (χ2n) is 6.12. The first-order valence-corrected chi connectivity index (χ1v) is 7.98. The molecule has 2 heterocycles. The molecule has 0 radical (unpaired) electrons. The molecule has 0 atom stereocenters. The van der Waals surface area contributed by atoms with Crippen molar-refractivity contribution in [1.82, 2.24) is 9.80 Å². The summed E-state index contributed by atoms with van der Waals surface area (Å²) >= 11 is 0. The fourth-order valence-corrected chi connectivity index (χ4v) is 3.44. The summed E-state index contributed by atoms with van der Waals surface area (Å²) in [4.78, 5) is 28.4. The van der Waals surface area contributed by atoms with Gasteiger partial charge in [0.1, 0.15) is 0 Å². The minimum atomic E-state index is 0.108. The molecule has 2 aromatic rings. The number of rotatable bonds is 4. The third kappa shape index (κ3) is 2.40. The summed E-state index contributed by atoms with van der Waals surface area (Å²) in [6, 6.07) is 15.5. The summed E-state index contributed by atoms with van der Waals surface area (Å²) in [5.41, 5.74) is 3.83. The lowest BCUT2D eigenvalue weighted by Gasteiger charge is -2.19. The standard InChI is InChI=1S/C19H18N2O2/c22-18-16-8-3-1-6-14(16)12-20(18)10-5-11-21-13-15-7-2-4-9-17(15)19(21)23/h1-4,6-9H,5,10-13H2. The van der Waals surface area contributed by atoms with Crippen LogP contribution in [0.5, 0.6) is 0 Å². The second-order valence-corrected chi connectivity index (χ2v) is 6.12. The molecule has 23 heavy (non-hydrogen) atoms. The number of benzene rings is 2. The summed E-state index contributed by atoms with van der Waals surface area (Å²) in [5, 5.41) is 0. The highest BCUT2D eigenvalue weighted by Gasteiger charge is 2.28. The van der Waals surface area contributed by atoms with Gasteiger partial charge in [0.05, 0.1) is 0 Å².